The lowest BCUT2D eigenvalue weighted by molar-refractivity contribution is -0.139. The SMILES string of the molecule is O=C(CF)CNC(=O)C1CCCN1C(=O)CNC(=O)Cc1ccccc1. The number of carbonyl (C=O) groups excluding carboxylic acids is 4. The van der Waals surface area contributed by atoms with Gasteiger partial charge in [0.25, 0.3) is 0 Å². The van der Waals surface area contributed by atoms with Gasteiger partial charge >= 0.3 is 0 Å². The van der Waals surface area contributed by atoms with E-state index in [0.29, 0.717) is 19.4 Å². The first-order chi connectivity index (χ1) is 12.5. The standard InChI is InChI=1S/C18H22FN3O4/c19-10-14(23)11-21-18(26)15-7-4-8-22(15)17(25)12-20-16(24)9-13-5-2-1-3-6-13/h1-3,5-6,15H,4,7-12H2,(H,20,24)(H,21,26). The number of ketones is 1. The Morgan fingerprint density at radius 1 is 1.08 bits per heavy atom. The molecule has 7 nitrogen and oxygen atoms in total. The molecule has 1 saturated heterocycles. The third kappa shape index (κ3) is 5.65. The van der Waals surface area contributed by atoms with Crippen molar-refractivity contribution in [2.45, 2.75) is 25.3 Å². The van der Waals surface area contributed by atoms with E-state index < -0.39 is 24.4 Å². The van der Waals surface area contributed by atoms with Crippen molar-refractivity contribution in [2.75, 3.05) is 26.3 Å². The lowest BCUT2D eigenvalue weighted by atomic mass is 10.1. The number of hydrogen-bond donors (Lipinski definition) is 2. The summed E-state index contributed by atoms with van der Waals surface area (Å²) in [6, 6.07) is 8.46. The average Bonchev–Trinajstić information content (AvgIpc) is 3.14. The minimum absolute atomic E-state index is 0.170. The van der Waals surface area contributed by atoms with Crippen LogP contribution in [-0.4, -0.2) is 60.8 Å². The number of rotatable bonds is 8. The maximum Gasteiger partial charge on any atom is 0.243 e. The molecule has 0 spiro atoms. The van der Waals surface area contributed by atoms with Crippen molar-refractivity contribution < 1.29 is 23.6 Å². The third-order valence-corrected chi connectivity index (χ3v) is 4.13. The molecule has 3 amide bonds. The molecule has 1 heterocycles. The van der Waals surface area contributed by atoms with Crippen LogP contribution in [0.4, 0.5) is 4.39 Å². The highest BCUT2D eigenvalue weighted by Crippen LogP contribution is 2.17. The smallest absolute Gasteiger partial charge is 0.243 e. The summed E-state index contributed by atoms with van der Waals surface area (Å²) in [5.41, 5.74) is 0.841. The molecule has 0 aliphatic carbocycles. The van der Waals surface area contributed by atoms with Crippen molar-refractivity contribution in [3.63, 3.8) is 0 Å². The topological polar surface area (TPSA) is 95.6 Å². The van der Waals surface area contributed by atoms with Crippen molar-refractivity contribution in [3.8, 4) is 0 Å². The van der Waals surface area contributed by atoms with Gasteiger partial charge in [0.15, 0.2) is 5.78 Å². The van der Waals surface area contributed by atoms with E-state index in [-0.39, 0.29) is 31.3 Å². The number of carbonyl (C=O) groups is 4. The van der Waals surface area contributed by atoms with Gasteiger partial charge < -0.3 is 15.5 Å². The fourth-order valence-corrected chi connectivity index (χ4v) is 2.81. The molecule has 2 rings (SSSR count). The molecular formula is C18H22FN3O4. The van der Waals surface area contributed by atoms with Crippen LogP contribution in [0.25, 0.3) is 0 Å². The molecule has 0 aromatic heterocycles. The first-order valence-electron chi connectivity index (χ1n) is 8.46. The van der Waals surface area contributed by atoms with Crippen molar-refractivity contribution in [1.82, 2.24) is 15.5 Å². The van der Waals surface area contributed by atoms with Gasteiger partial charge in [-0.2, -0.15) is 0 Å². The molecule has 0 radical (unpaired) electrons. The van der Waals surface area contributed by atoms with Crippen molar-refractivity contribution in [1.29, 1.82) is 0 Å². The molecule has 0 saturated carbocycles. The summed E-state index contributed by atoms with van der Waals surface area (Å²) in [6.45, 7) is -1.32. The minimum Gasteiger partial charge on any atom is -0.347 e. The van der Waals surface area contributed by atoms with Crippen LogP contribution in [0.5, 0.6) is 0 Å². The molecule has 1 fully saturated rings. The fourth-order valence-electron chi connectivity index (χ4n) is 2.81. The van der Waals surface area contributed by atoms with Gasteiger partial charge in [-0.15, -0.1) is 0 Å². The molecule has 26 heavy (non-hydrogen) atoms. The van der Waals surface area contributed by atoms with Crippen LogP contribution in [-0.2, 0) is 25.6 Å². The van der Waals surface area contributed by atoms with Gasteiger partial charge in [0.05, 0.1) is 19.5 Å². The van der Waals surface area contributed by atoms with Gasteiger partial charge in [-0.05, 0) is 18.4 Å². The molecule has 1 aromatic carbocycles. The van der Waals surface area contributed by atoms with Crippen LogP contribution in [0.3, 0.4) is 0 Å². The average molecular weight is 363 g/mol. The summed E-state index contributed by atoms with van der Waals surface area (Å²) in [5, 5.41) is 4.91. The first kappa shape index (κ1) is 19.6. The van der Waals surface area contributed by atoms with Crippen LogP contribution in [0.1, 0.15) is 18.4 Å². The summed E-state index contributed by atoms with van der Waals surface area (Å²) in [7, 11) is 0. The van der Waals surface area contributed by atoms with E-state index in [2.05, 4.69) is 10.6 Å². The maximum atomic E-state index is 12.3. The lowest BCUT2D eigenvalue weighted by Crippen LogP contribution is -2.49. The molecule has 1 aliphatic heterocycles. The zero-order valence-corrected chi connectivity index (χ0v) is 14.4. The van der Waals surface area contributed by atoms with E-state index in [4.69, 9.17) is 0 Å². The second-order valence-corrected chi connectivity index (χ2v) is 6.07. The highest BCUT2D eigenvalue weighted by atomic mass is 19.1. The normalized spacial score (nSPS) is 16.2. The summed E-state index contributed by atoms with van der Waals surface area (Å²) in [4.78, 5) is 48.7. The lowest BCUT2D eigenvalue weighted by Gasteiger charge is -2.24. The van der Waals surface area contributed by atoms with E-state index in [9.17, 15) is 23.6 Å². The van der Waals surface area contributed by atoms with E-state index in [1.165, 1.54) is 4.90 Å². The Balaban J connectivity index is 1.80. The Morgan fingerprint density at radius 2 is 1.81 bits per heavy atom. The Morgan fingerprint density at radius 3 is 2.50 bits per heavy atom. The Kier molecular flexibility index (Phi) is 7.25. The van der Waals surface area contributed by atoms with E-state index in [1.807, 2.05) is 30.3 Å². The number of likely N-dealkylation sites (tertiary alicyclic amines) is 1. The van der Waals surface area contributed by atoms with Gasteiger partial charge in [-0.3, -0.25) is 19.2 Å². The van der Waals surface area contributed by atoms with Crippen molar-refractivity contribution in [2.24, 2.45) is 0 Å². The van der Waals surface area contributed by atoms with Crippen molar-refractivity contribution in [3.05, 3.63) is 35.9 Å². The summed E-state index contributed by atoms with van der Waals surface area (Å²) < 4.78 is 12.1. The van der Waals surface area contributed by atoms with E-state index in [1.54, 1.807) is 0 Å². The van der Waals surface area contributed by atoms with Crippen LogP contribution < -0.4 is 10.6 Å². The zero-order chi connectivity index (χ0) is 18.9. The van der Waals surface area contributed by atoms with Crippen LogP contribution >= 0.6 is 0 Å². The molecule has 1 atom stereocenters. The molecule has 1 unspecified atom stereocenters. The Hall–Kier alpha value is -2.77. The number of alkyl halides is 1. The fraction of sp³-hybridized carbons (Fsp3) is 0.444. The highest BCUT2D eigenvalue weighted by Gasteiger charge is 2.33. The second-order valence-electron chi connectivity index (χ2n) is 6.07. The molecular weight excluding hydrogens is 341 g/mol. The first-order valence-corrected chi connectivity index (χ1v) is 8.46. The highest BCUT2D eigenvalue weighted by molar-refractivity contribution is 5.93. The number of nitrogens with one attached hydrogen (secondary N) is 2. The molecule has 140 valence electrons. The third-order valence-electron chi connectivity index (χ3n) is 4.13. The number of hydrogen-bond acceptors (Lipinski definition) is 4. The zero-order valence-electron chi connectivity index (χ0n) is 14.4. The van der Waals surface area contributed by atoms with Gasteiger partial charge in [-0.1, -0.05) is 30.3 Å². The summed E-state index contributed by atoms with van der Waals surface area (Å²) >= 11 is 0. The van der Waals surface area contributed by atoms with Crippen LogP contribution in [0.2, 0.25) is 0 Å². The summed E-state index contributed by atoms with van der Waals surface area (Å²) in [5.74, 6) is -1.84. The number of benzene rings is 1. The largest absolute Gasteiger partial charge is 0.347 e. The quantitative estimate of drug-likeness (QED) is 0.679. The van der Waals surface area contributed by atoms with Gasteiger partial charge in [0, 0.05) is 6.54 Å². The second kappa shape index (κ2) is 9.65. The predicted octanol–water partition coefficient (Wildman–Crippen LogP) is -0.00890. The summed E-state index contributed by atoms with van der Waals surface area (Å²) in [6.07, 6.45) is 1.29. The molecule has 1 aliphatic rings. The number of halogens is 1. The van der Waals surface area contributed by atoms with Gasteiger partial charge in [0.2, 0.25) is 17.7 Å². The van der Waals surface area contributed by atoms with Crippen LogP contribution in [0.15, 0.2) is 30.3 Å². The maximum absolute atomic E-state index is 12.3. The molecule has 2 N–H and O–H groups in total. The molecule has 8 heteroatoms. The monoisotopic (exact) mass is 363 g/mol. The van der Waals surface area contributed by atoms with Crippen LogP contribution in [0, 0.1) is 0 Å². The number of nitrogens with zero attached hydrogens (tertiary/aromatic N) is 1. The van der Waals surface area contributed by atoms with Crippen molar-refractivity contribution >= 4 is 23.5 Å². The van der Waals surface area contributed by atoms with E-state index >= 15 is 0 Å². The van der Waals surface area contributed by atoms with Gasteiger partial charge in [-0.25, -0.2) is 4.39 Å². The van der Waals surface area contributed by atoms with E-state index in [0.717, 1.165) is 5.56 Å². The predicted molar refractivity (Wildman–Crippen MR) is 91.9 cm³/mol. The molecule has 0 bridgehead atoms. The minimum atomic E-state index is -1.14. The number of Topliss-reactive ketones (excluding diaryl/α,β-unsaturated/α-hetero) is 1. The Bertz CT molecular complexity index is 666. The Labute approximate surface area is 150 Å². The molecule has 1 aromatic rings. The van der Waals surface area contributed by atoms with Gasteiger partial charge in [0.1, 0.15) is 12.7 Å². The number of amides is 3.